The minimum atomic E-state index is -0.617. The first-order chi connectivity index (χ1) is 6.66. The third kappa shape index (κ3) is 2.62. The molecule has 0 aliphatic rings. The van der Waals surface area contributed by atoms with Gasteiger partial charge in [-0.25, -0.2) is 8.78 Å². The Balaban J connectivity index is 2.83. The van der Waals surface area contributed by atoms with E-state index in [9.17, 15) is 8.78 Å². The number of hydrogen-bond acceptors (Lipinski definition) is 1. The first kappa shape index (κ1) is 11.3. The van der Waals surface area contributed by atoms with Crippen LogP contribution in [0.3, 0.4) is 0 Å². The van der Waals surface area contributed by atoms with Crippen molar-refractivity contribution in [3.05, 3.63) is 46.5 Å². The van der Waals surface area contributed by atoms with E-state index >= 15 is 0 Å². The zero-order chi connectivity index (χ0) is 10.6. The largest absolute Gasteiger partial charge is 0.373 e. The number of halogens is 3. The van der Waals surface area contributed by atoms with Gasteiger partial charge in [0.1, 0.15) is 11.6 Å². The monoisotopic (exact) mass is 262 g/mol. The van der Waals surface area contributed by atoms with Crippen molar-refractivity contribution in [3.8, 4) is 0 Å². The van der Waals surface area contributed by atoms with Gasteiger partial charge in [-0.05, 0) is 28.1 Å². The Morgan fingerprint density at radius 2 is 2.14 bits per heavy atom. The molecule has 1 aromatic rings. The average molecular weight is 263 g/mol. The van der Waals surface area contributed by atoms with Crippen LogP contribution in [0.4, 0.5) is 8.78 Å². The lowest BCUT2D eigenvalue weighted by molar-refractivity contribution is 0.143. The molecule has 0 saturated heterocycles. The van der Waals surface area contributed by atoms with Crippen LogP contribution in [0.5, 0.6) is 0 Å². The Labute approximate surface area is 89.5 Å². The summed E-state index contributed by atoms with van der Waals surface area (Å²) in [6.45, 7) is 3.61. The molecule has 0 aliphatic heterocycles. The second-order valence-electron chi connectivity index (χ2n) is 2.63. The van der Waals surface area contributed by atoms with Crippen LogP contribution in [0.25, 0.3) is 0 Å². The van der Waals surface area contributed by atoms with E-state index in [4.69, 9.17) is 4.74 Å². The quantitative estimate of drug-likeness (QED) is 0.459. The summed E-state index contributed by atoms with van der Waals surface area (Å²) in [7, 11) is 0. The van der Waals surface area contributed by atoms with E-state index in [0.29, 0.717) is 0 Å². The highest BCUT2D eigenvalue weighted by Gasteiger charge is 2.11. The van der Waals surface area contributed by atoms with Crippen molar-refractivity contribution in [2.24, 2.45) is 0 Å². The number of benzene rings is 1. The van der Waals surface area contributed by atoms with Gasteiger partial charge in [-0.3, -0.25) is 0 Å². The van der Waals surface area contributed by atoms with Gasteiger partial charge in [0.05, 0.1) is 23.2 Å². The van der Waals surface area contributed by atoms with Crippen molar-refractivity contribution >= 4 is 15.9 Å². The fraction of sp³-hybridized carbons (Fsp3) is 0.200. The molecule has 0 spiro atoms. The molecule has 14 heavy (non-hydrogen) atoms. The predicted octanol–water partition coefficient (Wildman–Crippen LogP) is 3.43. The van der Waals surface area contributed by atoms with Crippen molar-refractivity contribution in [2.75, 3.05) is 6.61 Å². The zero-order valence-corrected chi connectivity index (χ0v) is 8.98. The SMILES string of the molecule is C=CCOCc1c(F)ccc(Br)c1F. The topological polar surface area (TPSA) is 9.23 Å². The maximum atomic E-state index is 13.3. The fourth-order valence-electron chi connectivity index (χ4n) is 0.946. The second kappa shape index (κ2) is 5.22. The number of hydrogen-bond donors (Lipinski definition) is 0. The van der Waals surface area contributed by atoms with Gasteiger partial charge in [-0.2, -0.15) is 0 Å². The van der Waals surface area contributed by atoms with Gasteiger partial charge in [-0.15, -0.1) is 6.58 Å². The molecule has 0 radical (unpaired) electrons. The maximum Gasteiger partial charge on any atom is 0.145 e. The molecule has 0 unspecified atom stereocenters. The van der Waals surface area contributed by atoms with E-state index in [1.54, 1.807) is 0 Å². The Morgan fingerprint density at radius 1 is 1.43 bits per heavy atom. The number of ether oxygens (including phenoxy) is 1. The van der Waals surface area contributed by atoms with E-state index in [1.807, 2.05) is 0 Å². The lowest BCUT2D eigenvalue weighted by Crippen LogP contribution is -2.00. The fourth-order valence-corrected chi connectivity index (χ4v) is 1.32. The average Bonchev–Trinajstić information content (AvgIpc) is 2.18. The van der Waals surface area contributed by atoms with Crippen molar-refractivity contribution < 1.29 is 13.5 Å². The molecular weight excluding hydrogens is 254 g/mol. The third-order valence-corrected chi connectivity index (χ3v) is 2.23. The standard InChI is InChI=1S/C10H9BrF2O/c1-2-5-14-6-7-9(12)4-3-8(11)10(7)13/h2-4H,1,5-6H2. The van der Waals surface area contributed by atoms with Gasteiger partial charge in [-0.1, -0.05) is 6.08 Å². The Bertz CT molecular complexity index is 339. The van der Waals surface area contributed by atoms with Gasteiger partial charge in [0.2, 0.25) is 0 Å². The van der Waals surface area contributed by atoms with Crippen LogP contribution in [-0.2, 0) is 11.3 Å². The van der Waals surface area contributed by atoms with Crippen molar-refractivity contribution in [1.82, 2.24) is 0 Å². The normalized spacial score (nSPS) is 10.2. The first-order valence-electron chi connectivity index (χ1n) is 3.98. The molecule has 0 atom stereocenters. The molecule has 0 saturated carbocycles. The predicted molar refractivity (Wildman–Crippen MR) is 53.9 cm³/mol. The minimum absolute atomic E-state index is 0.0683. The molecule has 0 amide bonds. The molecule has 1 aromatic carbocycles. The summed E-state index contributed by atoms with van der Waals surface area (Å²) in [5.41, 5.74) is -0.0683. The molecule has 0 bridgehead atoms. The maximum absolute atomic E-state index is 13.3. The number of rotatable bonds is 4. The van der Waals surface area contributed by atoms with E-state index in [2.05, 4.69) is 22.5 Å². The molecule has 4 heteroatoms. The molecule has 1 rings (SSSR count). The van der Waals surface area contributed by atoms with E-state index in [-0.39, 0.29) is 23.2 Å². The molecule has 1 nitrogen and oxygen atoms in total. The van der Waals surface area contributed by atoms with E-state index in [1.165, 1.54) is 18.2 Å². The van der Waals surface area contributed by atoms with Crippen LogP contribution in [-0.4, -0.2) is 6.61 Å². The molecule has 0 aromatic heterocycles. The highest BCUT2D eigenvalue weighted by Crippen LogP contribution is 2.22. The summed E-state index contributed by atoms with van der Waals surface area (Å²) in [5, 5.41) is 0. The summed E-state index contributed by atoms with van der Waals surface area (Å²) in [6, 6.07) is 2.52. The Hall–Kier alpha value is -0.740. The van der Waals surface area contributed by atoms with Crippen molar-refractivity contribution in [2.45, 2.75) is 6.61 Å². The van der Waals surface area contributed by atoms with Gasteiger partial charge in [0, 0.05) is 0 Å². The van der Waals surface area contributed by atoms with E-state index in [0.717, 1.165) is 0 Å². The Morgan fingerprint density at radius 3 is 2.79 bits per heavy atom. The van der Waals surface area contributed by atoms with Crippen LogP contribution in [0.15, 0.2) is 29.3 Å². The van der Waals surface area contributed by atoms with Crippen LogP contribution in [0.2, 0.25) is 0 Å². The molecule has 0 fully saturated rings. The summed E-state index contributed by atoms with van der Waals surface area (Å²) in [4.78, 5) is 0. The van der Waals surface area contributed by atoms with Crippen molar-refractivity contribution in [3.63, 3.8) is 0 Å². The highest BCUT2D eigenvalue weighted by molar-refractivity contribution is 9.10. The summed E-state index contributed by atoms with van der Waals surface area (Å²) in [6.07, 6.45) is 1.52. The van der Waals surface area contributed by atoms with Gasteiger partial charge in [0.25, 0.3) is 0 Å². The van der Waals surface area contributed by atoms with Crippen LogP contribution in [0, 0.1) is 11.6 Å². The van der Waals surface area contributed by atoms with Gasteiger partial charge >= 0.3 is 0 Å². The van der Waals surface area contributed by atoms with Gasteiger partial charge in [0.15, 0.2) is 0 Å². The van der Waals surface area contributed by atoms with Crippen LogP contribution >= 0.6 is 15.9 Å². The molecule has 0 heterocycles. The third-order valence-electron chi connectivity index (χ3n) is 1.62. The lowest BCUT2D eigenvalue weighted by Gasteiger charge is -2.06. The highest BCUT2D eigenvalue weighted by atomic mass is 79.9. The zero-order valence-electron chi connectivity index (χ0n) is 7.40. The van der Waals surface area contributed by atoms with Crippen molar-refractivity contribution in [1.29, 1.82) is 0 Å². The van der Waals surface area contributed by atoms with Crippen LogP contribution in [0.1, 0.15) is 5.56 Å². The first-order valence-corrected chi connectivity index (χ1v) is 4.77. The minimum Gasteiger partial charge on any atom is -0.373 e. The smallest absolute Gasteiger partial charge is 0.145 e. The second-order valence-corrected chi connectivity index (χ2v) is 3.48. The molecule has 76 valence electrons. The molecule has 0 N–H and O–H groups in total. The van der Waals surface area contributed by atoms with Crippen LogP contribution < -0.4 is 0 Å². The summed E-state index contributed by atoms with van der Waals surface area (Å²) < 4.78 is 31.6. The van der Waals surface area contributed by atoms with E-state index < -0.39 is 11.6 Å². The Kier molecular flexibility index (Phi) is 4.22. The summed E-state index contributed by atoms with van der Waals surface area (Å²) >= 11 is 2.97. The summed E-state index contributed by atoms with van der Waals surface area (Å²) in [5.74, 6) is -1.22. The molecule has 0 aliphatic carbocycles. The van der Waals surface area contributed by atoms with Gasteiger partial charge < -0.3 is 4.74 Å². The lowest BCUT2D eigenvalue weighted by atomic mass is 10.2. The molecular formula is C10H9BrF2O.